The van der Waals surface area contributed by atoms with Gasteiger partial charge < -0.3 is 25.4 Å². The van der Waals surface area contributed by atoms with E-state index in [2.05, 4.69) is 27.9 Å². The predicted molar refractivity (Wildman–Crippen MR) is 132 cm³/mol. The third kappa shape index (κ3) is 10.1. The molecule has 0 radical (unpaired) electrons. The molecule has 0 spiro atoms. The van der Waals surface area contributed by atoms with Crippen LogP contribution in [0.5, 0.6) is 0 Å². The number of benzene rings is 1. The van der Waals surface area contributed by atoms with Crippen molar-refractivity contribution in [2.75, 3.05) is 40.0 Å². The summed E-state index contributed by atoms with van der Waals surface area (Å²) in [5.41, 5.74) is 1.77. The Bertz CT molecular complexity index is 634. The number of carbonyl (C=O) groups excluding carboxylic acids is 1. The van der Waals surface area contributed by atoms with E-state index in [-0.39, 0.29) is 35.9 Å². The van der Waals surface area contributed by atoms with E-state index in [9.17, 15) is 4.79 Å². The van der Waals surface area contributed by atoms with Crippen molar-refractivity contribution < 1.29 is 14.3 Å². The van der Waals surface area contributed by atoms with Crippen LogP contribution in [0.1, 0.15) is 49.0 Å². The van der Waals surface area contributed by atoms with Crippen LogP contribution in [-0.4, -0.2) is 57.9 Å². The average molecular weight is 532 g/mol. The number of guanidine groups is 1. The van der Waals surface area contributed by atoms with Crippen LogP contribution in [-0.2, 0) is 16.0 Å². The van der Waals surface area contributed by atoms with Crippen LogP contribution in [0.2, 0.25) is 0 Å². The first kappa shape index (κ1) is 26.6. The van der Waals surface area contributed by atoms with Crippen molar-refractivity contribution in [1.29, 1.82) is 0 Å². The summed E-state index contributed by atoms with van der Waals surface area (Å²) in [7, 11) is 1.76. The first-order valence-electron chi connectivity index (χ1n) is 10.6. The highest BCUT2D eigenvalue weighted by Gasteiger charge is 2.15. The molecular weight excluding hydrogens is 495 g/mol. The zero-order chi connectivity index (χ0) is 20.9. The number of rotatable bonds is 11. The van der Waals surface area contributed by atoms with Crippen molar-refractivity contribution in [2.45, 2.75) is 45.7 Å². The Morgan fingerprint density at radius 3 is 2.70 bits per heavy atom. The number of halogens is 1. The van der Waals surface area contributed by atoms with Crippen LogP contribution < -0.4 is 16.0 Å². The van der Waals surface area contributed by atoms with Gasteiger partial charge in [-0.25, -0.2) is 0 Å². The zero-order valence-corrected chi connectivity index (χ0v) is 20.7. The monoisotopic (exact) mass is 532 g/mol. The van der Waals surface area contributed by atoms with Crippen LogP contribution >= 0.6 is 24.0 Å². The molecule has 0 aliphatic carbocycles. The molecule has 170 valence electrons. The fourth-order valence-electron chi connectivity index (χ4n) is 2.94. The summed E-state index contributed by atoms with van der Waals surface area (Å²) in [6.07, 6.45) is 2.95. The standard InChI is InChI=1S/C22H36N4O3.HI/c1-4-17(2)26-21(27)20-8-6-18(7-9-20)14-25-22(23-3)24-11-5-12-28-15-19-10-13-29-16-19;/h6-9,17,19H,4-5,10-16H2,1-3H3,(H,26,27)(H2,23,24,25);1H. The summed E-state index contributed by atoms with van der Waals surface area (Å²) in [6, 6.07) is 7.83. The number of nitrogens with one attached hydrogen (secondary N) is 3. The van der Waals surface area contributed by atoms with Crippen molar-refractivity contribution in [2.24, 2.45) is 10.9 Å². The quantitative estimate of drug-likeness (QED) is 0.177. The highest BCUT2D eigenvalue weighted by atomic mass is 127. The van der Waals surface area contributed by atoms with Gasteiger partial charge in [-0.3, -0.25) is 9.79 Å². The predicted octanol–water partition coefficient (Wildman–Crippen LogP) is 2.94. The molecule has 8 heteroatoms. The molecule has 1 aromatic rings. The lowest BCUT2D eigenvalue weighted by Gasteiger charge is -2.13. The lowest BCUT2D eigenvalue weighted by atomic mass is 10.1. The highest BCUT2D eigenvalue weighted by molar-refractivity contribution is 14.0. The molecule has 0 saturated carbocycles. The Morgan fingerprint density at radius 2 is 2.07 bits per heavy atom. The molecule has 30 heavy (non-hydrogen) atoms. The van der Waals surface area contributed by atoms with E-state index in [1.54, 1.807) is 7.05 Å². The Hall–Kier alpha value is -1.39. The maximum absolute atomic E-state index is 12.1. The van der Waals surface area contributed by atoms with Crippen molar-refractivity contribution in [3.8, 4) is 0 Å². The van der Waals surface area contributed by atoms with Gasteiger partial charge in [0.25, 0.3) is 5.91 Å². The van der Waals surface area contributed by atoms with Crippen LogP contribution in [0.3, 0.4) is 0 Å². The topological polar surface area (TPSA) is 84.0 Å². The van der Waals surface area contributed by atoms with Gasteiger partial charge in [0.05, 0.1) is 13.2 Å². The second kappa shape index (κ2) is 15.4. The summed E-state index contributed by atoms with van der Waals surface area (Å²) >= 11 is 0. The molecular formula is C22H37IN4O3. The van der Waals surface area contributed by atoms with E-state index in [0.29, 0.717) is 18.0 Å². The van der Waals surface area contributed by atoms with Crippen LogP contribution in [0.25, 0.3) is 0 Å². The molecule has 1 heterocycles. The van der Waals surface area contributed by atoms with Crippen molar-refractivity contribution in [3.63, 3.8) is 0 Å². The van der Waals surface area contributed by atoms with Crippen LogP contribution in [0.15, 0.2) is 29.3 Å². The van der Waals surface area contributed by atoms with E-state index in [1.165, 1.54) is 0 Å². The summed E-state index contributed by atoms with van der Waals surface area (Å²) < 4.78 is 11.1. The summed E-state index contributed by atoms with van der Waals surface area (Å²) in [5.74, 6) is 1.29. The minimum Gasteiger partial charge on any atom is -0.381 e. The van der Waals surface area contributed by atoms with Gasteiger partial charge in [-0.2, -0.15) is 0 Å². The lowest BCUT2D eigenvalue weighted by molar-refractivity contribution is 0.0888. The normalized spacial score (nSPS) is 17.2. The molecule has 2 atom stereocenters. The lowest BCUT2D eigenvalue weighted by Crippen LogP contribution is -2.37. The van der Waals surface area contributed by atoms with Gasteiger partial charge in [-0.15, -0.1) is 24.0 Å². The molecule has 1 amide bonds. The van der Waals surface area contributed by atoms with Gasteiger partial charge in [-0.05, 0) is 43.9 Å². The Labute approximate surface area is 197 Å². The summed E-state index contributed by atoms with van der Waals surface area (Å²) in [4.78, 5) is 16.4. The highest BCUT2D eigenvalue weighted by Crippen LogP contribution is 2.12. The average Bonchev–Trinajstić information content (AvgIpc) is 3.26. The minimum atomic E-state index is -0.0287. The van der Waals surface area contributed by atoms with Gasteiger partial charge in [-0.1, -0.05) is 19.1 Å². The Kier molecular flexibility index (Phi) is 13.7. The van der Waals surface area contributed by atoms with E-state index in [4.69, 9.17) is 9.47 Å². The van der Waals surface area contributed by atoms with Gasteiger partial charge >= 0.3 is 0 Å². The van der Waals surface area contributed by atoms with Crippen LogP contribution in [0.4, 0.5) is 0 Å². The molecule has 1 aliphatic rings. The number of amides is 1. The summed E-state index contributed by atoms with van der Waals surface area (Å²) in [5, 5.41) is 9.57. The molecule has 1 aromatic carbocycles. The molecule has 1 aliphatic heterocycles. The number of ether oxygens (including phenoxy) is 2. The Morgan fingerprint density at radius 1 is 1.30 bits per heavy atom. The van der Waals surface area contributed by atoms with E-state index in [0.717, 1.165) is 63.8 Å². The van der Waals surface area contributed by atoms with Gasteiger partial charge in [0.1, 0.15) is 0 Å². The van der Waals surface area contributed by atoms with Crippen LogP contribution in [0, 0.1) is 5.92 Å². The molecule has 1 fully saturated rings. The van der Waals surface area contributed by atoms with E-state index >= 15 is 0 Å². The minimum absolute atomic E-state index is 0. The first-order chi connectivity index (χ1) is 14.1. The third-order valence-electron chi connectivity index (χ3n) is 5.02. The molecule has 1 saturated heterocycles. The molecule has 3 N–H and O–H groups in total. The maximum Gasteiger partial charge on any atom is 0.251 e. The number of nitrogens with zero attached hydrogens (tertiary/aromatic N) is 1. The molecule has 2 unspecified atom stereocenters. The van der Waals surface area contributed by atoms with E-state index < -0.39 is 0 Å². The number of hydrogen-bond acceptors (Lipinski definition) is 4. The number of aliphatic imine (C=N–C) groups is 1. The fraction of sp³-hybridized carbons (Fsp3) is 0.636. The fourth-order valence-corrected chi connectivity index (χ4v) is 2.94. The van der Waals surface area contributed by atoms with Crippen molar-refractivity contribution in [1.82, 2.24) is 16.0 Å². The van der Waals surface area contributed by atoms with Gasteiger partial charge in [0.15, 0.2) is 5.96 Å². The maximum atomic E-state index is 12.1. The van der Waals surface area contributed by atoms with Crippen molar-refractivity contribution in [3.05, 3.63) is 35.4 Å². The first-order valence-corrected chi connectivity index (χ1v) is 10.6. The largest absolute Gasteiger partial charge is 0.381 e. The zero-order valence-electron chi connectivity index (χ0n) is 18.4. The number of carbonyl (C=O) groups is 1. The van der Waals surface area contributed by atoms with Gasteiger partial charge in [0, 0.05) is 50.9 Å². The third-order valence-corrected chi connectivity index (χ3v) is 5.02. The van der Waals surface area contributed by atoms with Gasteiger partial charge in [0.2, 0.25) is 0 Å². The number of hydrogen-bond donors (Lipinski definition) is 3. The Balaban J connectivity index is 0.00000450. The molecule has 7 nitrogen and oxygen atoms in total. The second-order valence-corrected chi connectivity index (χ2v) is 7.49. The molecule has 2 rings (SSSR count). The summed E-state index contributed by atoms with van der Waals surface area (Å²) in [6.45, 7) is 8.73. The second-order valence-electron chi connectivity index (χ2n) is 7.49. The molecule has 0 bridgehead atoms. The van der Waals surface area contributed by atoms with Crippen molar-refractivity contribution >= 4 is 35.8 Å². The van der Waals surface area contributed by atoms with E-state index in [1.807, 2.05) is 31.2 Å². The SMILES string of the molecule is CCC(C)NC(=O)c1ccc(CNC(=NC)NCCCOCC2CCOC2)cc1.I. The smallest absolute Gasteiger partial charge is 0.251 e. The molecule has 0 aromatic heterocycles.